The minimum absolute atomic E-state index is 0.137. The number of piperazine rings is 1. The van der Waals surface area contributed by atoms with Crippen molar-refractivity contribution in [2.45, 2.75) is 13.8 Å². The van der Waals surface area contributed by atoms with E-state index in [0.29, 0.717) is 17.9 Å². The van der Waals surface area contributed by atoms with Crippen molar-refractivity contribution in [3.05, 3.63) is 33.9 Å². The molecule has 2 rings (SSSR count). The topological polar surface area (TPSA) is 133 Å². The summed E-state index contributed by atoms with van der Waals surface area (Å²) in [7, 11) is 0. The second kappa shape index (κ2) is 11.1. The lowest BCUT2D eigenvalue weighted by Crippen LogP contribution is -2.47. The number of hydrogen-bond acceptors (Lipinski definition) is 7. The van der Waals surface area contributed by atoms with E-state index in [1.54, 1.807) is 19.1 Å². The molecule has 1 aliphatic heterocycles. The van der Waals surface area contributed by atoms with Crippen molar-refractivity contribution < 1.29 is 29.5 Å². The highest BCUT2D eigenvalue weighted by molar-refractivity contribution is 6.27. The maximum atomic E-state index is 10.8. The molecule has 0 bridgehead atoms. The van der Waals surface area contributed by atoms with E-state index in [1.807, 2.05) is 0 Å². The molecule has 1 heterocycles. The second-order valence-corrected chi connectivity index (χ2v) is 5.94. The van der Waals surface area contributed by atoms with Crippen LogP contribution in [0.3, 0.4) is 0 Å². The predicted molar refractivity (Wildman–Crippen MR) is 97.2 cm³/mol. The van der Waals surface area contributed by atoms with E-state index < -0.39 is 11.9 Å². The first-order valence-electron chi connectivity index (χ1n) is 8.53. The third-order valence-corrected chi connectivity index (χ3v) is 4.14. The van der Waals surface area contributed by atoms with E-state index in [9.17, 15) is 10.1 Å². The fourth-order valence-electron chi connectivity index (χ4n) is 2.54. The highest BCUT2D eigenvalue weighted by atomic mass is 16.6. The van der Waals surface area contributed by atoms with E-state index in [4.69, 9.17) is 24.5 Å². The van der Waals surface area contributed by atoms with Crippen LogP contribution in [0.15, 0.2) is 18.2 Å². The van der Waals surface area contributed by atoms with E-state index in [2.05, 4.69) is 16.7 Å². The average Bonchev–Trinajstić information content (AvgIpc) is 2.62. The molecule has 1 aromatic carbocycles. The first kappa shape index (κ1) is 22.3. The van der Waals surface area contributed by atoms with Crippen LogP contribution in [0, 0.1) is 17.0 Å². The minimum atomic E-state index is -1.82. The molecule has 0 amide bonds. The lowest BCUT2D eigenvalue weighted by Gasteiger charge is -2.33. The van der Waals surface area contributed by atoms with Crippen molar-refractivity contribution in [3.8, 4) is 5.75 Å². The van der Waals surface area contributed by atoms with Crippen molar-refractivity contribution in [1.29, 1.82) is 0 Å². The number of carbonyl (C=O) groups is 2. The Morgan fingerprint density at radius 2 is 1.70 bits per heavy atom. The van der Waals surface area contributed by atoms with Gasteiger partial charge >= 0.3 is 11.9 Å². The van der Waals surface area contributed by atoms with Crippen LogP contribution >= 0.6 is 0 Å². The van der Waals surface area contributed by atoms with Crippen molar-refractivity contribution >= 4 is 17.6 Å². The van der Waals surface area contributed by atoms with Gasteiger partial charge in [-0.3, -0.25) is 15.0 Å². The molecule has 0 spiro atoms. The van der Waals surface area contributed by atoms with Gasteiger partial charge in [-0.2, -0.15) is 0 Å². The number of hydrogen-bond donors (Lipinski definition) is 2. The lowest BCUT2D eigenvalue weighted by atomic mass is 10.2. The molecular weight excluding hydrogens is 358 g/mol. The molecule has 10 nitrogen and oxygen atoms in total. The summed E-state index contributed by atoms with van der Waals surface area (Å²) in [5.74, 6) is -2.95. The Morgan fingerprint density at radius 3 is 2.15 bits per heavy atom. The van der Waals surface area contributed by atoms with E-state index in [-0.39, 0.29) is 10.6 Å². The number of aryl methyl sites for hydroxylation is 1. The highest BCUT2D eigenvalue weighted by Crippen LogP contribution is 2.22. The maximum absolute atomic E-state index is 10.8. The van der Waals surface area contributed by atoms with Gasteiger partial charge in [0.15, 0.2) is 0 Å². The predicted octanol–water partition coefficient (Wildman–Crippen LogP) is 1.08. The molecule has 0 aliphatic carbocycles. The van der Waals surface area contributed by atoms with Gasteiger partial charge in [-0.05, 0) is 25.6 Å². The molecule has 0 atom stereocenters. The third kappa shape index (κ3) is 8.01. The summed E-state index contributed by atoms with van der Waals surface area (Å²) in [6.07, 6.45) is 0. The average molecular weight is 383 g/mol. The Labute approximate surface area is 157 Å². The SMILES string of the molecule is CCN1CCN(CCOc2ccc([N+](=O)[O-])c(C)c2)CC1.O=C(O)C(=O)O. The summed E-state index contributed by atoms with van der Waals surface area (Å²) < 4.78 is 5.70. The summed E-state index contributed by atoms with van der Waals surface area (Å²) in [6.45, 7) is 10.9. The standard InChI is InChI=1S/C15H23N3O3.C2H2O4/c1-3-16-6-8-17(9-7-16)10-11-21-14-4-5-15(18(19)20)13(2)12-14;3-1(4)2(5)6/h4-5,12H,3,6-11H2,1-2H3;(H,3,4)(H,5,6). The molecule has 150 valence electrons. The number of nitrogens with zero attached hydrogens (tertiary/aromatic N) is 3. The van der Waals surface area contributed by atoms with E-state index in [0.717, 1.165) is 39.3 Å². The van der Waals surface area contributed by atoms with Crippen molar-refractivity contribution in [2.24, 2.45) is 0 Å². The number of nitro benzene ring substituents is 1. The maximum Gasteiger partial charge on any atom is 0.414 e. The van der Waals surface area contributed by atoms with Gasteiger partial charge in [0, 0.05) is 44.4 Å². The lowest BCUT2D eigenvalue weighted by molar-refractivity contribution is -0.385. The number of aliphatic carboxylic acids is 2. The van der Waals surface area contributed by atoms with Crippen molar-refractivity contribution in [3.63, 3.8) is 0 Å². The number of likely N-dealkylation sites (N-methyl/N-ethyl adjacent to an activating group) is 1. The van der Waals surface area contributed by atoms with Gasteiger partial charge in [0.25, 0.3) is 5.69 Å². The zero-order valence-corrected chi connectivity index (χ0v) is 15.5. The molecule has 2 N–H and O–H groups in total. The van der Waals surface area contributed by atoms with Crippen LogP contribution in [0.1, 0.15) is 12.5 Å². The first-order valence-corrected chi connectivity index (χ1v) is 8.53. The smallest absolute Gasteiger partial charge is 0.414 e. The Hall–Kier alpha value is -2.72. The fourth-order valence-corrected chi connectivity index (χ4v) is 2.54. The van der Waals surface area contributed by atoms with Crippen LogP contribution in [0.25, 0.3) is 0 Å². The van der Waals surface area contributed by atoms with Gasteiger partial charge < -0.3 is 19.8 Å². The monoisotopic (exact) mass is 383 g/mol. The van der Waals surface area contributed by atoms with Gasteiger partial charge in [0.1, 0.15) is 12.4 Å². The minimum Gasteiger partial charge on any atom is -0.492 e. The Balaban J connectivity index is 0.000000527. The fraction of sp³-hybridized carbons (Fsp3) is 0.529. The number of nitro groups is 1. The van der Waals surface area contributed by atoms with Crippen molar-refractivity contribution in [1.82, 2.24) is 9.80 Å². The Kier molecular flexibility index (Phi) is 9.17. The number of carboxylic acids is 2. The normalized spacial score (nSPS) is 14.7. The van der Waals surface area contributed by atoms with Crippen LogP contribution in [0.4, 0.5) is 5.69 Å². The van der Waals surface area contributed by atoms with E-state index in [1.165, 1.54) is 6.07 Å². The molecule has 0 aromatic heterocycles. The molecule has 10 heteroatoms. The number of ether oxygens (including phenoxy) is 1. The summed E-state index contributed by atoms with van der Waals surface area (Å²) in [5, 5.41) is 25.5. The molecule has 0 saturated carbocycles. The van der Waals surface area contributed by atoms with Gasteiger partial charge in [-0.25, -0.2) is 9.59 Å². The van der Waals surface area contributed by atoms with Crippen LogP contribution in [-0.2, 0) is 9.59 Å². The molecular formula is C17H25N3O7. The molecule has 1 aliphatic rings. The van der Waals surface area contributed by atoms with Crippen LogP contribution in [-0.4, -0.2) is 82.8 Å². The number of carboxylic acid groups (broad SMARTS) is 2. The summed E-state index contributed by atoms with van der Waals surface area (Å²) in [5.41, 5.74) is 0.770. The summed E-state index contributed by atoms with van der Waals surface area (Å²) in [4.78, 5) is 33.4. The molecule has 1 saturated heterocycles. The largest absolute Gasteiger partial charge is 0.492 e. The number of benzene rings is 1. The van der Waals surface area contributed by atoms with Gasteiger partial charge in [0.05, 0.1) is 4.92 Å². The first-order chi connectivity index (χ1) is 12.7. The quantitative estimate of drug-likeness (QED) is 0.420. The molecule has 0 radical (unpaired) electrons. The molecule has 1 fully saturated rings. The zero-order valence-electron chi connectivity index (χ0n) is 15.5. The molecule has 27 heavy (non-hydrogen) atoms. The molecule has 1 aromatic rings. The van der Waals surface area contributed by atoms with E-state index >= 15 is 0 Å². The summed E-state index contributed by atoms with van der Waals surface area (Å²) >= 11 is 0. The van der Waals surface area contributed by atoms with Crippen LogP contribution < -0.4 is 4.74 Å². The van der Waals surface area contributed by atoms with Gasteiger partial charge in [0.2, 0.25) is 0 Å². The second-order valence-electron chi connectivity index (χ2n) is 5.94. The Bertz CT molecular complexity index is 646. The number of rotatable bonds is 6. The van der Waals surface area contributed by atoms with Gasteiger partial charge in [-0.15, -0.1) is 0 Å². The summed E-state index contributed by atoms with van der Waals surface area (Å²) in [6, 6.07) is 4.90. The zero-order chi connectivity index (χ0) is 20.4. The molecule has 0 unspecified atom stereocenters. The van der Waals surface area contributed by atoms with Crippen LogP contribution in [0.2, 0.25) is 0 Å². The highest BCUT2D eigenvalue weighted by Gasteiger charge is 2.15. The van der Waals surface area contributed by atoms with Gasteiger partial charge in [-0.1, -0.05) is 6.92 Å². The Morgan fingerprint density at radius 1 is 1.15 bits per heavy atom. The van der Waals surface area contributed by atoms with Crippen LogP contribution in [0.5, 0.6) is 5.75 Å². The van der Waals surface area contributed by atoms with Crippen molar-refractivity contribution in [2.75, 3.05) is 45.9 Å². The third-order valence-electron chi connectivity index (χ3n) is 4.14.